The van der Waals surface area contributed by atoms with E-state index in [1.54, 1.807) is 0 Å². The van der Waals surface area contributed by atoms with Gasteiger partial charge in [0.25, 0.3) is 0 Å². The van der Waals surface area contributed by atoms with Crippen LogP contribution in [0.25, 0.3) is 44.5 Å². The lowest BCUT2D eigenvalue weighted by molar-refractivity contribution is 0.793. The number of fused-ring (bicyclic) bond motifs is 10. The van der Waals surface area contributed by atoms with E-state index in [-0.39, 0.29) is 0 Å². The molecule has 0 atom stereocenters. The van der Waals surface area contributed by atoms with Gasteiger partial charge in [-0.05, 0) is 116 Å². The summed E-state index contributed by atoms with van der Waals surface area (Å²) in [6.45, 7) is 0. The normalized spacial score (nSPS) is 12.6. The highest BCUT2D eigenvalue weighted by atomic mass is 15.2. The van der Waals surface area contributed by atoms with Gasteiger partial charge in [0.15, 0.2) is 0 Å². The van der Waals surface area contributed by atoms with Gasteiger partial charge in [-0.1, -0.05) is 194 Å². The van der Waals surface area contributed by atoms with Crippen LogP contribution >= 0.6 is 0 Å². The van der Waals surface area contributed by atoms with Crippen molar-refractivity contribution in [3.63, 3.8) is 0 Å². The molecular weight excluding hydrogens is 761 g/mol. The average Bonchev–Trinajstić information content (AvgIpc) is 3.83. The van der Waals surface area contributed by atoms with Crippen LogP contribution in [-0.2, 0) is 5.41 Å². The summed E-state index contributed by atoms with van der Waals surface area (Å²) in [5.74, 6) is 0. The molecular formula is C61H42N2. The summed E-state index contributed by atoms with van der Waals surface area (Å²) in [7, 11) is 0. The van der Waals surface area contributed by atoms with Crippen molar-refractivity contribution in [2.75, 3.05) is 9.80 Å². The minimum absolute atomic E-state index is 0.577. The molecule has 0 amide bonds. The quantitative estimate of drug-likeness (QED) is 0.151. The van der Waals surface area contributed by atoms with Crippen LogP contribution in [0.4, 0.5) is 34.1 Å². The minimum Gasteiger partial charge on any atom is -0.311 e. The molecule has 10 aromatic rings. The van der Waals surface area contributed by atoms with Gasteiger partial charge in [-0.3, -0.25) is 0 Å². The number of hydrogen-bond donors (Lipinski definition) is 0. The molecule has 296 valence electrons. The Morgan fingerprint density at radius 2 is 0.635 bits per heavy atom. The van der Waals surface area contributed by atoms with Crippen LogP contribution in [0.2, 0.25) is 0 Å². The van der Waals surface area contributed by atoms with Crippen molar-refractivity contribution in [2.24, 2.45) is 0 Å². The highest BCUT2D eigenvalue weighted by molar-refractivity contribution is 6.04. The van der Waals surface area contributed by atoms with Gasteiger partial charge in [-0.25, -0.2) is 0 Å². The van der Waals surface area contributed by atoms with Crippen LogP contribution in [0.1, 0.15) is 22.3 Å². The Labute approximate surface area is 369 Å². The summed E-state index contributed by atoms with van der Waals surface area (Å²) < 4.78 is 0. The van der Waals surface area contributed by atoms with Gasteiger partial charge in [0.05, 0.1) is 11.1 Å². The first-order valence-electron chi connectivity index (χ1n) is 21.8. The zero-order valence-corrected chi connectivity index (χ0v) is 34.6. The molecule has 0 aromatic heterocycles. The lowest BCUT2D eigenvalue weighted by Crippen LogP contribution is -2.28. The zero-order chi connectivity index (χ0) is 41.7. The molecule has 0 heterocycles. The molecule has 0 radical (unpaired) electrons. The van der Waals surface area contributed by atoms with E-state index < -0.39 is 5.41 Å². The molecule has 0 aliphatic heterocycles. The maximum absolute atomic E-state index is 2.53. The number of benzene rings is 10. The summed E-state index contributed by atoms with van der Waals surface area (Å²) in [4.78, 5) is 4.86. The second-order valence-corrected chi connectivity index (χ2v) is 16.4. The summed E-state index contributed by atoms with van der Waals surface area (Å²) in [5, 5.41) is 0. The van der Waals surface area contributed by atoms with E-state index in [9.17, 15) is 0 Å². The van der Waals surface area contributed by atoms with Crippen LogP contribution in [0.15, 0.2) is 255 Å². The Bertz CT molecular complexity index is 3160. The molecule has 1 spiro atoms. The molecule has 0 bridgehead atoms. The van der Waals surface area contributed by atoms with Gasteiger partial charge < -0.3 is 9.80 Å². The van der Waals surface area contributed by atoms with Gasteiger partial charge >= 0.3 is 0 Å². The number of anilines is 6. The van der Waals surface area contributed by atoms with Crippen molar-refractivity contribution in [3.8, 4) is 44.5 Å². The van der Waals surface area contributed by atoms with Gasteiger partial charge in [-0.2, -0.15) is 0 Å². The van der Waals surface area contributed by atoms with Gasteiger partial charge in [0.2, 0.25) is 0 Å². The van der Waals surface area contributed by atoms with Gasteiger partial charge in [-0.15, -0.1) is 0 Å². The molecule has 12 rings (SSSR count). The summed E-state index contributed by atoms with van der Waals surface area (Å²) in [6.07, 6.45) is 0. The maximum Gasteiger partial charge on any atom is 0.0746 e. The van der Waals surface area contributed by atoms with Crippen molar-refractivity contribution in [1.29, 1.82) is 0 Å². The molecule has 0 saturated carbocycles. The minimum atomic E-state index is -0.577. The van der Waals surface area contributed by atoms with Crippen LogP contribution < -0.4 is 9.80 Å². The van der Waals surface area contributed by atoms with E-state index >= 15 is 0 Å². The lowest BCUT2D eigenvalue weighted by atomic mass is 9.69. The molecule has 10 aromatic carbocycles. The van der Waals surface area contributed by atoms with Crippen molar-refractivity contribution in [1.82, 2.24) is 0 Å². The van der Waals surface area contributed by atoms with Crippen LogP contribution in [0.3, 0.4) is 0 Å². The SMILES string of the molecule is c1ccc(-c2cccc(N(c3ccccc3)c3c(-c4ccc(N(c5ccccc5)c5ccccc5)cc4)ccc4c3C3(c5ccccc5-c5ccccc53)c3ccccc3-4)c2)cc1. The van der Waals surface area contributed by atoms with Crippen LogP contribution in [-0.4, -0.2) is 0 Å². The molecule has 2 heteroatoms. The number of hydrogen-bond acceptors (Lipinski definition) is 2. The molecule has 0 unspecified atom stereocenters. The third kappa shape index (κ3) is 5.80. The number of rotatable bonds is 8. The second kappa shape index (κ2) is 15.1. The average molecular weight is 803 g/mol. The summed E-state index contributed by atoms with van der Waals surface area (Å²) in [6, 6.07) is 93.3. The van der Waals surface area contributed by atoms with Gasteiger partial charge in [0, 0.05) is 39.6 Å². The predicted octanol–water partition coefficient (Wildman–Crippen LogP) is 16.3. The number of nitrogens with zero attached hydrogens (tertiary/aromatic N) is 2. The monoisotopic (exact) mass is 802 g/mol. The lowest BCUT2D eigenvalue weighted by Gasteiger charge is -2.37. The predicted molar refractivity (Wildman–Crippen MR) is 263 cm³/mol. The van der Waals surface area contributed by atoms with Crippen LogP contribution in [0.5, 0.6) is 0 Å². The molecule has 2 nitrogen and oxygen atoms in total. The highest BCUT2D eigenvalue weighted by Gasteiger charge is 2.53. The summed E-state index contributed by atoms with van der Waals surface area (Å²) in [5.41, 5.74) is 21.1. The standard InChI is InChI=1S/C61H42N2/c1-5-20-43(21-6-1)45-22-19-29-50(42-45)63(48-27-11-4-12-28-48)60-51(44-36-38-49(39-37-44)62(46-23-7-2-8-24-46)47-25-9-3-10-26-47)40-41-55-54-32-15-18-35-58(54)61(59(55)60)56-33-16-13-30-52(56)53-31-14-17-34-57(53)61/h1-42H. The van der Waals surface area contributed by atoms with E-state index in [0.29, 0.717) is 0 Å². The first kappa shape index (κ1) is 36.6. The van der Waals surface area contributed by atoms with Crippen molar-refractivity contribution >= 4 is 34.1 Å². The topological polar surface area (TPSA) is 6.48 Å². The Morgan fingerprint density at radius 1 is 0.238 bits per heavy atom. The fraction of sp³-hybridized carbons (Fsp3) is 0.0164. The Morgan fingerprint density at radius 3 is 1.17 bits per heavy atom. The molecule has 2 aliphatic carbocycles. The maximum atomic E-state index is 2.53. The summed E-state index contributed by atoms with van der Waals surface area (Å²) >= 11 is 0. The van der Waals surface area contributed by atoms with Crippen molar-refractivity contribution < 1.29 is 0 Å². The van der Waals surface area contributed by atoms with Crippen LogP contribution in [0, 0.1) is 0 Å². The van der Waals surface area contributed by atoms with E-state index in [2.05, 4.69) is 265 Å². The molecule has 63 heavy (non-hydrogen) atoms. The molecule has 0 N–H and O–H groups in total. The first-order valence-corrected chi connectivity index (χ1v) is 21.8. The molecule has 0 saturated heterocycles. The second-order valence-electron chi connectivity index (χ2n) is 16.4. The Kier molecular flexibility index (Phi) is 8.76. The fourth-order valence-corrected chi connectivity index (χ4v) is 10.5. The third-order valence-electron chi connectivity index (χ3n) is 13.0. The third-order valence-corrected chi connectivity index (χ3v) is 13.0. The Hall–Kier alpha value is -8.20. The number of para-hydroxylation sites is 3. The fourth-order valence-electron chi connectivity index (χ4n) is 10.5. The zero-order valence-electron chi connectivity index (χ0n) is 34.6. The van der Waals surface area contributed by atoms with Crippen molar-refractivity contribution in [3.05, 3.63) is 277 Å². The Balaban J connectivity index is 1.17. The first-order chi connectivity index (χ1) is 31.3. The van der Waals surface area contributed by atoms with E-state index in [4.69, 9.17) is 0 Å². The van der Waals surface area contributed by atoms with Gasteiger partial charge in [0.1, 0.15) is 0 Å². The van der Waals surface area contributed by atoms with E-state index in [0.717, 1.165) is 39.6 Å². The highest BCUT2D eigenvalue weighted by Crippen LogP contribution is 2.66. The van der Waals surface area contributed by atoms with E-state index in [1.807, 2.05) is 0 Å². The van der Waals surface area contributed by atoms with Crippen molar-refractivity contribution in [2.45, 2.75) is 5.41 Å². The smallest absolute Gasteiger partial charge is 0.0746 e. The molecule has 2 aliphatic rings. The van der Waals surface area contributed by atoms with E-state index in [1.165, 1.54) is 61.3 Å². The molecule has 0 fully saturated rings. The largest absolute Gasteiger partial charge is 0.311 e.